The van der Waals surface area contributed by atoms with Crippen LogP contribution in [0.25, 0.3) is 0 Å². The number of benzene rings is 2. The molecule has 2 amide bonds. The number of amides is 2. The first-order chi connectivity index (χ1) is 16.8. The van der Waals surface area contributed by atoms with Crippen LogP contribution >= 0.6 is 11.6 Å². The summed E-state index contributed by atoms with van der Waals surface area (Å²) >= 11 is 6.13. The van der Waals surface area contributed by atoms with E-state index in [2.05, 4.69) is 5.32 Å². The molecular weight excluding hydrogens is 498 g/mol. The van der Waals surface area contributed by atoms with Gasteiger partial charge in [-0.2, -0.15) is 0 Å². The molecule has 0 bridgehead atoms. The van der Waals surface area contributed by atoms with E-state index < -0.39 is 16.1 Å². The minimum absolute atomic E-state index is 0.0100. The first kappa shape index (κ1) is 29.6. The summed E-state index contributed by atoms with van der Waals surface area (Å²) in [5, 5.41) is 3.49. The molecule has 0 aliphatic heterocycles. The lowest BCUT2D eigenvalue weighted by Crippen LogP contribution is -2.49. The number of aryl methyl sites for hydroxylation is 2. The number of sulfonamides is 1. The van der Waals surface area contributed by atoms with Crippen molar-refractivity contribution >= 4 is 39.1 Å². The maximum atomic E-state index is 13.4. The van der Waals surface area contributed by atoms with Crippen molar-refractivity contribution in [2.45, 2.75) is 72.5 Å². The van der Waals surface area contributed by atoms with E-state index in [9.17, 15) is 18.0 Å². The molecule has 0 aliphatic carbocycles. The molecule has 0 fully saturated rings. The van der Waals surface area contributed by atoms with Gasteiger partial charge in [-0.25, -0.2) is 8.42 Å². The van der Waals surface area contributed by atoms with E-state index in [-0.39, 0.29) is 37.4 Å². The summed E-state index contributed by atoms with van der Waals surface area (Å²) in [5.74, 6) is -0.455. The first-order valence-electron chi connectivity index (χ1n) is 12.2. The molecule has 0 aliphatic rings. The van der Waals surface area contributed by atoms with Crippen molar-refractivity contribution in [1.29, 1.82) is 0 Å². The lowest BCUT2D eigenvalue weighted by molar-refractivity contribution is -0.140. The Bertz CT molecular complexity index is 1150. The van der Waals surface area contributed by atoms with E-state index in [0.29, 0.717) is 17.1 Å². The third-order valence-electron chi connectivity index (χ3n) is 6.06. The van der Waals surface area contributed by atoms with E-state index in [1.165, 1.54) is 15.5 Å². The standard InChI is InChI=1S/C27H38ClN3O4S/c1-7-21(4)29-27(33)22(5)30(18-23-10-8-11-24(28)17-23)26(32)12-9-13-31(36(6,34)35)25-15-19(2)14-20(3)16-25/h8,10-11,14-17,21-22H,7,9,12-13,18H2,1-6H3,(H,29,33)/t21-,22-/m0/s1. The number of halogens is 1. The molecule has 2 rings (SSSR count). The quantitative estimate of drug-likeness (QED) is 0.421. The largest absolute Gasteiger partial charge is 0.352 e. The molecule has 0 aromatic heterocycles. The van der Waals surface area contributed by atoms with Crippen molar-refractivity contribution in [1.82, 2.24) is 10.2 Å². The van der Waals surface area contributed by atoms with Crippen LogP contribution in [0, 0.1) is 13.8 Å². The Labute approximate surface area is 220 Å². The topological polar surface area (TPSA) is 86.8 Å². The highest BCUT2D eigenvalue weighted by Gasteiger charge is 2.27. The second kappa shape index (κ2) is 13.1. The summed E-state index contributed by atoms with van der Waals surface area (Å²) in [6.07, 6.45) is 2.35. The van der Waals surface area contributed by atoms with Crippen LogP contribution in [-0.2, 0) is 26.2 Å². The van der Waals surface area contributed by atoms with Gasteiger partial charge in [0.15, 0.2) is 0 Å². The molecule has 9 heteroatoms. The fourth-order valence-electron chi connectivity index (χ4n) is 3.98. The van der Waals surface area contributed by atoms with Gasteiger partial charge in [0, 0.05) is 30.6 Å². The smallest absolute Gasteiger partial charge is 0.242 e. The van der Waals surface area contributed by atoms with Crippen molar-refractivity contribution in [3.8, 4) is 0 Å². The lowest BCUT2D eigenvalue weighted by atomic mass is 10.1. The molecule has 0 unspecified atom stereocenters. The molecule has 1 N–H and O–H groups in total. The second-order valence-electron chi connectivity index (χ2n) is 9.43. The summed E-state index contributed by atoms with van der Waals surface area (Å²) in [6.45, 7) is 9.82. The highest BCUT2D eigenvalue weighted by atomic mass is 35.5. The molecule has 7 nitrogen and oxygen atoms in total. The van der Waals surface area contributed by atoms with Gasteiger partial charge in [0.25, 0.3) is 0 Å². The predicted molar refractivity (Wildman–Crippen MR) is 147 cm³/mol. The van der Waals surface area contributed by atoms with Crippen LogP contribution in [0.2, 0.25) is 5.02 Å². The average molecular weight is 536 g/mol. The van der Waals surface area contributed by atoms with Crippen molar-refractivity contribution in [3.63, 3.8) is 0 Å². The molecule has 36 heavy (non-hydrogen) atoms. The van der Waals surface area contributed by atoms with Crippen molar-refractivity contribution in [2.75, 3.05) is 17.1 Å². The zero-order chi connectivity index (χ0) is 27.0. The minimum atomic E-state index is -3.54. The third-order valence-corrected chi connectivity index (χ3v) is 7.49. The van der Waals surface area contributed by atoms with Gasteiger partial charge < -0.3 is 10.2 Å². The monoisotopic (exact) mass is 535 g/mol. The van der Waals surface area contributed by atoms with E-state index in [1.807, 2.05) is 52.0 Å². The van der Waals surface area contributed by atoms with Gasteiger partial charge in [0.2, 0.25) is 21.8 Å². The Kier molecular flexibility index (Phi) is 10.8. The molecule has 0 heterocycles. The Morgan fingerprint density at radius 1 is 1.06 bits per heavy atom. The molecular formula is C27H38ClN3O4S. The molecule has 0 saturated heterocycles. The molecule has 2 aromatic carbocycles. The molecule has 0 saturated carbocycles. The minimum Gasteiger partial charge on any atom is -0.352 e. The first-order valence-corrected chi connectivity index (χ1v) is 14.4. The highest BCUT2D eigenvalue weighted by molar-refractivity contribution is 7.92. The van der Waals surface area contributed by atoms with Crippen molar-refractivity contribution in [3.05, 3.63) is 64.2 Å². The number of carbonyl (C=O) groups excluding carboxylic acids is 2. The molecule has 2 aromatic rings. The van der Waals surface area contributed by atoms with Crippen LogP contribution in [-0.4, -0.2) is 50.0 Å². The van der Waals surface area contributed by atoms with E-state index in [0.717, 1.165) is 23.1 Å². The van der Waals surface area contributed by atoms with Gasteiger partial charge >= 0.3 is 0 Å². The molecule has 0 radical (unpaired) electrons. The van der Waals surface area contributed by atoms with Crippen molar-refractivity contribution < 1.29 is 18.0 Å². The number of nitrogens with one attached hydrogen (secondary N) is 1. The summed E-state index contributed by atoms with van der Waals surface area (Å²) in [6, 6.07) is 12.1. The van der Waals surface area contributed by atoms with Gasteiger partial charge in [-0.1, -0.05) is 36.7 Å². The highest BCUT2D eigenvalue weighted by Crippen LogP contribution is 2.22. The molecule has 198 valence electrons. The van der Waals surface area contributed by atoms with Gasteiger partial charge in [-0.3, -0.25) is 13.9 Å². The van der Waals surface area contributed by atoms with Crippen LogP contribution in [0.4, 0.5) is 5.69 Å². The predicted octanol–water partition coefficient (Wildman–Crippen LogP) is 4.84. The van der Waals surface area contributed by atoms with E-state index in [1.54, 1.807) is 25.1 Å². The Morgan fingerprint density at radius 3 is 2.25 bits per heavy atom. The van der Waals surface area contributed by atoms with E-state index in [4.69, 9.17) is 11.6 Å². The SMILES string of the molecule is CC[C@H](C)NC(=O)[C@H](C)N(Cc1cccc(Cl)c1)C(=O)CCCN(c1cc(C)cc(C)c1)S(C)(=O)=O. The second-order valence-corrected chi connectivity index (χ2v) is 11.8. The molecule has 2 atom stereocenters. The summed E-state index contributed by atoms with van der Waals surface area (Å²) in [7, 11) is -3.54. The van der Waals surface area contributed by atoms with Crippen LogP contribution in [0.15, 0.2) is 42.5 Å². The van der Waals surface area contributed by atoms with Crippen molar-refractivity contribution in [2.24, 2.45) is 0 Å². The number of anilines is 1. The van der Waals surface area contributed by atoms with E-state index >= 15 is 0 Å². The molecule has 0 spiro atoms. The zero-order valence-corrected chi connectivity index (χ0v) is 23.6. The normalized spacial score (nSPS) is 13.1. The van der Waals surface area contributed by atoms with Gasteiger partial charge in [-0.15, -0.1) is 0 Å². The lowest BCUT2D eigenvalue weighted by Gasteiger charge is -2.30. The van der Waals surface area contributed by atoms with Gasteiger partial charge in [0.05, 0.1) is 11.9 Å². The maximum absolute atomic E-state index is 13.4. The number of rotatable bonds is 12. The van der Waals surface area contributed by atoms with Crippen LogP contribution in [0.1, 0.15) is 56.7 Å². The number of nitrogens with zero attached hydrogens (tertiary/aromatic N) is 2. The van der Waals surface area contributed by atoms with Crippen LogP contribution in [0.5, 0.6) is 0 Å². The Hall–Kier alpha value is -2.58. The van der Waals surface area contributed by atoms with Gasteiger partial charge in [-0.05, 0) is 81.5 Å². The number of hydrogen-bond donors (Lipinski definition) is 1. The Balaban J connectivity index is 2.20. The fourth-order valence-corrected chi connectivity index (χ4v) is 5.14. The number of hydrogen-bond acceptors (Lipinski definition) is 4. The zero-order valence-electron chi connectivity index (χ0n) is 22.0. The third kappa shape index (κ3) is 8.82. The van der Waals surface area contributed by atoms with Crippen LogP contribution in [0.3, 0.4) is 0 Å². The fraction of sp³-hybridized carbons (Fsp3) is 0.481. The maximum Gasteiger partial charge on any atom is 0.242 e. The van der Waals surface area contributed by atoms with Gasteiger partial charge in [0.1, 0.15) is 6.04 Å². The summed E-state index contributed by atoms with van der Waals surface area (Å²) < 4.78 is 26.4. The number of carbonyl (C=O) groups is 2. The van der Waals surface area contributed by atoms with Crippen LogP contribution < -0.4 is 9.62 Å². The average Bonchev–Trinajstić information content (AvgIpc) is 2.78. The summed E-state index contributed by atoms with van der Waals surface area (Å²) in [5.41, 5.74) is 3.32. The summed E-state index contributed by atoms with van der Waals surface area (Å²) in [4.78, 5) is 27.7. The Morgan fingerprint density at radius 2 is 1.69 bits per heavy atom.